The summed E-state index contributed by atoms with van der Waals surface area (Å²) in [5.74, 6) is -0.326. The van der Waals surface area contributed by atoms with Crippen LogP contribution in [-0.4, -0.2) is 33.2 Å². The van der Waals surface area contributed by atoms with E-state index >= 15 is 0 Å². The average Bonchev–Trinajstić information content (AvgIpc) is 2.78. The third-order valence-electron chi connectivity index (χ3n) is 4.56. The second-order valence-corrected chi connectivity index (χ2v) is 7.17. The molecule has 0 atom stereocenters. The lowest BCUT2D eigenvalue weighted by atomic mass is 10.00. The Balaban J connectivity index is 1.86. The van der Waals surface area contributed by atoms with Crippen LogP contribution in [0, 0.1) is 5.92 Å². The second kappa shape index (κ2) is 9.73. The van der Waals surface area contributed by atoms with Crippen molar-refractivity contribution in [1.29, 1.82) is 0 Å². The normalized spacial score (nSPS) is 10.7. The molecule has 0 radical (unpaired) electrons. The molecule has 154 valence electrons. The van der Waals surface area contributed by atoms with Crippen LogP contribution in [0.2, 0.25) is 0 Å². The zero-order valence-electron chi connectivity index (χ0n) is 17.3. The number of Topliss-reactive ketones (excluding diaryl/α,β-unsaturated/α-hetero) is 1. The monoisotopic (exact) mass is 403 g/mol. The zero-order valence-corrected chi connectivity index (χ0v) is 17.3. The summed E-state index contributed by atoms with van der Waals surface area (Å²) < 4.78 is 0. The summed E-state index contributed by atoms with van der Waals surface area (Å²) in [4.78, 5) is 37.6. The number of carbonyl (C=O) groups excluding carboxylic acids is 2. The van der Waals surface area contributed by atoms with Crippen LogP contribution in [0.5, 0.6) is 0 Å². The predicted octanol–water partition coefficient (Wildman–Crippen LogP) is 3.99. The Kier molecular flexibility index (Phi) is 6.85. The maximum absolute atomic E-state index is 12.6. The highest BCUT2D eigenvalue weighted by Gasteiger charge is 2.19. The van der Waals surface area contributed by atoms with Crippen molar-refractivity contribution in [3.63, 3.8) is 0 Å². The van der Waals surface area contributed by atoms with Gasteiger partial charge in [-0.25, -0.2) is 9.97 Å². The van der Waals surface area contributed by atoms with Gasteiger partial charge in [-0.3, -0.25) is 14.6 Å². The van der Waals surface area contributed by atoms with E-state index in [1.807, 2.05) is 26.0 Å². The van der Waals surface area contributed by atoms with E-state index in [1.165, 1.54) is 5.56 Å². The maximum Gasteiger partial charge on any atom is 0.243 e. The molecule has 0 aliphatic carbocycles. The first kappa shape index (κ1) is 21.1. The van der Waals surface area contributed by atoms with Crippen LogP contribution in [0.1, 0.15) is 36.8 Å². The summed E-state index contributed by atoms with van der Waals surface area (Å²) >= 11 is 0. The quantitative estimate of drug-likeness (QED) is 0.552. The van der Waals surface area contributed by atoms with Gasteiger partial charge in [0.15, 0.2) is 5.78 Å². The van der Waals surface area contributed by atoms with Crippen molar-refractivity contribution >= 4 is 23.3 Å². The third-order valence-corrected chi connectivity index (χ3v) is 4.56. The fourth-order valence-electron chi connectivity index (χ4n) is 2.90. The number of carbonyl (C=O) groups is 2. The van der Waals surface area contributed by atoms with Crippen LogP contribution in [0.15, 0.2) is 55.0 Å². The van der Waals surface area contributed by atoms with Gasteiger partial charge in [-0.15, -0.1) is 0 Å². The molecule has 2 heterocycles. The minimum absolute atomic E-state index is 0.0329. The minimum Gasteiger partial charge on any atom is -0.345 e. The zero-order chi connectivity index (χ0) is 21.5. The number of hydrogen-bond donors (Lipinski definition) is 2. The number of hydrogen-bond acceptors (Lipinski definition) is 6. The highest BCUT2D eigenvalue weighted by molar-refractivity contribution is 6.05. The van der Waals surface area contributed by atoms with E-state index in [2.05, 4.69) is 44.6 Å². The number of nitrogens with zero attached hydrogens (tertiary/aromatic N) is 3. The van der Waals surface area contributed by atoms with Crippen molar-refractivity contribution in [2.24, 2.45) is 5.92 Å². The first-order valence-electron chi connectivity index (χ1n) is 9.92. The van der Waals surface area contributed by atoms with Crippen LogP contribution in [0.3, 0.4) is 0 Å². The molecule has 0 spiro atoms. The molecule has 2 N–H and O–H groups in total. The molecule has 30 heavy (non-hydrogen) atoms. The van der Waals surface area contributed by atoms with Gasteiger partial charge in [0.2, 0.25) is 11.9 Å². The summed E-state index contributed by atoms with van der Waals surface area (Å²) in [6.45, 7) is 5.68. The van der Waals surface area contributed by atoms with Crippen LogP contribution in [-0.2, 0) is 11.2 Å². The molecule has 0 aliphatic heterocycles. The number of benzene rings is 1. The Morgan fingerprint density at radius 3 is 2.47 bits per heavy atom. The summed E-state index contributed by atoms with van der Waals surface area (Å²) in [5, 5.41) is 5.67. The number of amides is 1. The molecule has 7 nitrogen and oxygen atoms in total. The van der Waals surface area contributed by atoms with E-state index in [-0.39, 0.29) is 29.8 Å². The second-order valence-electron chi connectivity index (χ2n) is 7.17. The SMILES string of the molecule is CCc1cccc(-c2cnc(C(=O)C(C)C)c(NC(=O)CNc3ncccn3)c2)c1. The van der Waals surface area contributed by atoms with Gasteiger partial charge in [0.1, 0.15) is 5.69 Å². The van der Waals surface area contributed by atoms with Crippen molar-refractivity contribution in [3.05, 3.63) is 66.2 Å². The molecular formula is C23H25N5O2. The van der Waals surface area contributed by atoms with E-state index in [4.69, 9.17) is 0 Å². The van der Waals surface area contributed by atoms with E-state index in [0.29, 0.717) is 11.6 Å². The summed E-state index contributed by atoms with van der Waals surface area (Å²) in [6.07, 6.45) is 5.77. The molecule has 0 fully saturated rings. The van der Waals surface area contributed by atoms with Gasteiger partial charge in [-0.2, -0.15) is 0 Å². The third kappa shape index (κ3) is 5.26. The van der Waals surface area contributed by atoms with Crippen LogP contribution in [0.4, 0.5) is 11.6 Å². The molecule has 2 aromatic heterocycles. The summed E-state index contributed by atoms with van der Waals surface area (Å²) in [6, 6.07) is 11.6. The average molecular weight is 403 g/mol. The van der Waals surface area contributed by atoms with Crippen molar-refractivity contribution in [2.45, 2.75) is 27.2 Å². The minimum atomic E-state index is -0.318. The van der Waals surface area contributed by atoms with E-state index in [1.54, 1.807) is 30.7 Å². The number of ketones is 1. The molecule has 0 unspecified atom stereocenters. The number of anilines is 2. The largest absolute Gasteiger partial charge is 0.345 e. The van der Waals surface area contributed by atoms with Gasteiger partial charge in [-0.1, -0.05) is 45.0 Å². The molecule has 1 aromatic carbocycles. The smallest absolute Gasteiger partial charge is 0.243 e. The van der Waals surface area contributed by atoms with Crippen molar-refractivity contribution in [2.75, 3.05) is 17.2 Å². The number of rotatable bonds is 8. The Morgan fingerprint density at radius 1 is 1.00 bits per heavy atom. The highest BCUT2D eigenvalue weighted by atomic mass is 16.2. The Bertz CT molecular complexity index is 1030. The predicted molar refractivity (Wildman–Crippen MR) is 117 cm³/mol. The van der Waals surface area contributed by atoms with Crippen molar-refractivity contribution < 1.29 is 9.59 Å². The molecular weight excluding hydrogens is 378 g/mol. The Morgan fingerprint density at radius 2 is 1.77 bits per heavy atom. The maximum atomic E-state index is 12.6. The lowest BCUT2D eigenvalue weighted by Crippen LogP contribution is -2.24. The molecule has 0 bridgehead atoms. The number of nitrogens with one attached hydrogen (secondary N) is 2. The van der Waals surface area contributed by atoms with Gasteiger partial charge in [-0.05, 0) is 29.7 Å². The van der Waals surface area contributed by atoms with E-state index < -0.39 is 0 Å². The van der Waals surface area contributed by atoms with Gasteiger partial charge in [0, 0.05) is 30.1 Å². The molecule has 3 rings (SSSR count). The number of aryl methyl sites for hydroxylation is 1. The Hall–Kier alpha value is -3.61. The molecule has 0 aliphatic rings. The molecule has 7 heteroatoms. The van der Waals surface area contributed by atoms with E-state index in [0.717, 1.165) is 17.5 Å². The first-order valence-corrected chi connectivity index (χ1v) is 9.92. The van der Waals surface area contributed by atoms with E-state index in [9.17, 15) is 9.59 Å². The van der Waals surface area contributed by atoms with Crippen molar-refractivity contribution in [3.8, 4) is 11.1 Å². The van der Waals surface area contributed by atoms with Crippen molar-refractivity contribution in [1.82, 2.24) is 15.0 Å². The van der Waals surface area contributed by atoms with Crippen LogP contribution in [0.25, 0.3) is 11.1 Å². The summed E-state index contributed by atoms with van der Waals surface area (Å²) in [7, 11) is 0. The van der Waals surface area contributed by atoms with Gasteiger partial charge in [0.25, 0.3) is 0 Å². The summed E-state index contributed by atoms with van der Waals surface area (Å²) in [5.41, 5.74) is 3.67. The fraction of sp³-hybridized carbons (Fsp3) is 0.261. The molecule has 0 saturated carbocycles. The van der Waals surface area contributed by atoms with Gasteiger partial charge < -0.3 is 10.6 Å². The lowest BCUT2D eigenvalue weighted by Gasteiger charge is -2.14. The number of aromatic nitrogens is 3. The van der Waals surface area contributed by atoms with Gasteiger partial charge >= 0.3 is 0 Å². The van der Waals surface area contributed by atoms with Crippen LogP contribution < -0.4 is 10.6 Å². The fourth-order valence-corrected chi connectivity index (χ4v) is 2.90. The highest BCUT2D eigenvalue weighted by Crippen LogP contribution is 2.26. The standard InChI is InChI=1S/C23H25N5O2/c1-4-16-7-5-8-17(11-16)18-12-19(21(26-13-18)22(30)15(2)3)28-20(29)14-27-23-24-9-6-10-25-23/h5-13,15H,4,14H2,1-3H3,(H,28,29)(H,24,25,27). The first-order chi connectivity index (χ1) is 14.5. The topological polar surface area (TPSA) is 96.9 Å². The molecule has 3 aromatic rings. The molecule has 0 saturated heterocycles. The van der Waals surface area contributed by atoms with Crippen LogP contribution >= 0.6 is 0 Å². The number of pyridine rings is 1. The van der Waals surface area contributed by atoms with Gasteiger partial charge in [0.05, 0.1) is 12.2 Å². The Labute approximate surface area is 176 Å². The molecule has 1 amide bonds. The lowest BCUT2D eigenvalue weighted by molar-refractivity contribution is -0.114.